The number of halogens is 1. The summed E-state index contributed by atoms with van der Waals surface area (Å²) in [5.41, 5.74) is 2.73. The molecule has 1 aliphatic rings. The maximum absolute atomic E-state index is 5.83. The van der Waals surface area contributed by atoms with E-state index in [2.05, 4.69) is 62.2 Å². The van der Waals surface area contributed by atoms with Gasteiger partial charge in [0.15, 0.2) is 5.75 Å². The molecule has 0 saturated heterocycles. The van der Waals surface area contributed by atoms with Crippen LogP contribution in [0, 0.1) is 0 Å². The molecule has 1 aliphatic heterocycles. The normalized spacial score (nSPS) is 15.4. The van der Waals surface area contributed by atoms with Gasteiger partial charge in [-0.25, -0.2) is 0 Å². The van der Waals surface area contributed by atoms with Gasteiger partial charge in [-0.15, -0.1) is 0 Å². The average molecular weight is 359 g/mol. The Hall–Kier alpha value is -1.65. The summed E-state index contributed by atoms with van der Waals surface area (Å²) < 4.78 is 6.78. The van der Waals surface area contributed by atoms with Gasteiger partial charge in [0.25, 0.3) is 0 Å². The molecule has 0 N–H and O–H groups in total. The summed E-state index contributed by atoms with van der Waals surface area (Å²) in [5.74, 6) is 0.801. The second-order valence-corrected chi connectivity index (χ2v) is 6.28. The number of ether oxygens (including phenoxy) is 1. The maximum atomic E-state index is 5.83. The monoisotopic (exact) mass is 358 g/mol. The Balaban J connectivity index is 1.50. The molecular formula is C18H19BrN2O. The Kier molecular flexibility index (Phi) is 5.24. The van der Waals surface area contributed by atoms with Crippen molar-refractivity contribution in [1.82, 2.24) is 9.88 Å². The maximum Gasteiger partial charge on any atom is 0.152 e. The van der Waals surface area contributed by atoms with E-state index in [0.29, 0.717) is 6.61 Å². The molecule has 0 fully saturated rings. The molecule has 114 valence electrons. The molecule has 2 aromatic rings. The van der Waals surface area contributed by atoms with Gasteiger partial charge in [0.2, 0.25) is 0 Å². The first kappa shape index (κ1) is 15.3. The van der Waals surface area contributed by atoms with Gasteiger partial charge < -0.3 is 4.74 Å². The Morgan fingerprint density at radius 2 is 2.05 bits per heavy atom. The quantitative estimate of drug-likeness (QED) is 0.753. The van der Waals surface area contributed by atoms with Gasteiger partial charge in [0, 0.05) is 25.8 Å². The van der Waals surface area contributed by atoms with Crippen molar-refractivity contribution in [3.05, 3.63) is 70.5 Å². The number of nitrogens with zero attached hydrogens (tertiary/aromatic N) is 2. The standard InChI is InChI=1S/C18H19BrN2O/c19-17-6-9-20-12-18(17)22-14-16-7-10-21(11-8-16)13-15-4-2-1-3-5-15/h1-7,9,12H,8,10-11,13-14H2. The van der Waals surface area contributed by atoms with Gasteiger partial charge in [-0.3, -0.25) is 9.88 Å². The molecule has 4 heteroatoms. The van der Waals surface area contributed by atoms with Crippen molar-refractivity contribution in [2.24, 2.45) is 0 Å². The zero-order valence-electron chi connectivity index (χ0n) is 12.4. The van der Waals surface area contributed by atoms with E-state index in [0.717, 1.165) is 36.3 Å². The minimum absolute atomic E-state index is 0.642. The van der Waals surface area contributed by atoms with Gasteiger partial charge in [0.1, 0.15) is 6.61 Å². The predicted octanol–water partition coefficient (Wildman–Crippen LogP) is 4.06. The summed E-state index contributed by atoms with van der Waals surface area (Å²) in [6, 6.07) is 12.5. The highest BCUT2D eigenvalue weighted by atomic mass is 79.9. The van der Waals surface area contributed by atoms with Crippen LogP contribution < -0.4 is 4.74 Å². The molecule has 0 radical (unpaired) electrons. The van der Waals surface area contributed by atoms with E-state index in [1.807, 2.05) is 6.07 Å². The van der Waals surface area contributed by atoms with E-state index in [1.165, 1.54) is 11.1 Å². The number of rotatable bonds is 5. The van der Waals surface area contributed by atoms with Crippen molar-refractivity contribution < 1.29 is 4.74 Å². The van der Waals surface area contributed by atoms with Crippen LogP contribution in [0.1, 0.15) is 12.0 Å². The molecule has 0 saturated carbocycles. The molecule has 22 heavy (non-hydrogen) atoms. The third kappa shape index (κ3) is 4.18. The SMILES string of the molecule is Brc1ccncc1OCC1=CCN(Cc2ccccc2)CC1. The van der Waals surface area contributed by atoms with E-state index in [1.54, 1.807) is 12.4 Å². The number of benzene rings is 1. The summed E-state index contributed by atoms with van der Waals surface area (Å²) in [5, 5.41) is 0. The van der Waals surface area contributed by atoms with Crippen LogP contribution in [0.5, 0.6) is 5.75 Å². The minimum atomic E-state index is 0.642. The molecule has 0 unspecified atom stereocenters. The van der Waals surface area contributed by atoms with Crippen LogP contribution in [0.25, 0.3) is 0 Å². The molecule has 0 bridgehead atoms. The Morgan fingerprint density at radius 1 is 1.18 bits per heavy atom. The van der Waals surface area contributed by atoms with E-state index in [4.69, 9.17) is 4.74 Å². The van der Waals surface area contributed by atoms with Crippen LogP contribution in [-0.2, 0) is 6.54 Å². The second-order valence-electron chi connectivity index (χ2n) is 5.43. The number of pyridine rings is 1. The minimum Gasteiger partial charge on any atom is -0.486 e. The fourth-order valence-electron chi connectivity index (χ4n) is 2.51. The zero-order chi connectivity index (χ0) is 15.2. The number of aromatic nitrogens is 1. The summed E-state index contributed by atoms with van der Waals surface area (Å²) in [7, 11) is 0. The van der Waals surface area contributed by atoms with Crippen LogP contribution in [-0.4, -0.2) is 29.6 Å². The Bertz CT molecular complexity index is 643. The molecule has 0 amide bonds. The first-order valence-electron chi connectivity index (χ1n) is 7.48. The summed E-state index contributed by atoms with van der Waals surface area (Å²) in [6.45, 7) is 3.73. The van der Waals surface area contributed by atoms with E-state index in [9.17, 15) is 0 Å². The molecule has 1 aromatic carbocycles. The zero-order valence-corrected chi connectivity index (χ0v) is 14.0. The summed E-state index contributed by atoms with van der Waals surface area (Å²) in [6.07, 6.45) is 6.84. The smallest absolute Gasteiger partial charge is 0.152 e. The van der Waals surface area contributed by atoms with Crippen LogP contribution in [0.4, 0.5) is 0 Å². The van der Waals surface area contributed by atoms with E-state index >= 15 is 0 Å². The summed E-state index contributed by atoms with van der Waals surface area (Å²) in [4.78, 5) is 6.54. The van der Waals surface area contributed by atoms with Crippen LogP contribution in [0.2, 0.25) is 0 Å². The lowest BCUT2D eigenvalue weighted by Gasteiger charge is -2.26. The molecule has 0 spiro atoms. The van der Waals surface area contributed by atoms with E-state index < -0.39 is 0 Å². The van der Waals surface area contributed by atoms with Crippen LogP contribution in [0.15, 0.2) is 64.9 Å². The molecule has 1 aromatic heterocycles. The fraction of sp³-hybridized carbons (Fsp3) is 0.278. The first-order valence-corrected chi connectivity index (χ1v) is 8.27. The van der Waals surface area contributed by atoms with Crippen molar-refractivity contribution in [1.29, 1.82) is 0 Å². The lowest BCUT2D eigenvalue weighted by Crippen LogP contribution is -2.29. The van der Waals surface area contributed by atoms with Crippen LogP contribution >= 0.6 is 15.9 Å². The summed E-state index contributed by atoms with van der Waals surface area (Å²) >= 11 is 3.48. The van der Waals surface area contributed by atoms with Gasteiger partial charge in [-0.05, 0) is 39.6 Å². The Labute approximate surface area is 139 Å². The topological polar surface area (TPSA) is 25.4 Å². The highest BCUT2D eigenvalue weighted by molar-refractivity contribution is 9.10. The van der Waals surface area contributed by atoms with Gasteiger partial charge >= 0.3 is 0 Å². The van der Waals surface area contributed by atoms with Gasteiger partial charge in [-0.2, -0.15) is 0 Å². The molecule has 0 atom stereocenters. The Morgan fingerprint density at radius 3 is 2.77 bits per heavy atom. The predicted molar refractivity (Wildman–Crippen MR) is 91.9 cm³/mol. The van der Waals surface area contributed by atoms with Crippen molar-refractivity contribution in [3.63, 3.8) is 0 Å². The van der Waals surface area contributed by atoms with Crippen molar-refractivity contribution in [2.45, 2.75) is 13.0 Å². The van der Waals surface area contributed by atoms with Crippen molar-refractivity contribution in [2.75, 3.05) is 19.7 Å². The third-order valence-corrected chi connectivity index (χ3v) is 4.44. The number of hydrogen-bond acceptors (Lipinski definition) is 3. The highest BCUT2D eigenvalue weighted by Gasteiger charge is 2.12. The van der Waals surface area contributed by atoms with Crippen molar-refractivity contribution >= 4 is 15.9 Å². The van der Waals surface area contributed by atoms with E-state index in [-0.39, 0.29) is 0 Å². The largest absolute Gasteiger partial charge is 0.486 e. The van der Waals surface area contributed by atoms with Gasteiger partial charge in [0.05, 0.1) is 10.7 Å². The first-order chi connectivity index (χ1) is 10.8. The highest BCUT2D eigenvalue weighted by Crippen LogP contribution is 2.24. The molecule has 3 nitrogen and oxygen atoms in total. The van der Waals surface area contributed by atoms with Crippen molar-refractivity contribution in [3.8, 4) is 5.75 Å². The lowest BCUT2D eigenvalue weighted by atomic mass is 10.1. The fourth-order valence-corrected chi connectivity index (χ4v) is 2.84. The van der Waals surface area contributed by atoms with Crippen LogP contribution in [0.3, 0.4) is 0 Å². The molecule has 3 rings (SSSR count). The third-order valence-electron chi connectivity index (χ3n) is 3.78. The van der Waals surface area contributed by atoms with Gasteiger partial charge in [-0.1, -0.05) is 36.4 Å². The number of hydrogen-bond donors (Lipinski definition) is 0. The average Bonchev–Trinajstić information content (AvgIpc) is 2.56. The lowest BCUT2D eigenvalue weighted by molar-refractivity contribution is 0.269. The molecule has 2 heterocycles. The molecular weight excluding hydrogens is 340 g/mol. The molecule has 0 aliphatic carbocycles. The second kappa shape index (κ2) is 7.56.